The van der Waals surface area contributed by atoms with E-state index in [-0.39, 0.29) is 11.4 Å². The summed E-state index contributed by atoms with van der Waals surface area (Å²) in [5.41, 5.74) is 2.38. The van der Waals surface area contributed by atoms with Crippen LogP contribution >= 0.6 is 0 Å². The maximum Gasteiger partial charge on any atom is 0.263 e. The molecule has 9 heteroatoms. The van der Waals surface area contributed by atoms with E-state index in [0.29, 0.717) is 28.3 Å². The van der Waals surface area contributed by atoms with Gasteiger partial charge in [-0.1, -0.05) is 5.16 Å². The highest BCUT2D eigenvalue weighted by Gasteiger charge is 2.18. The Morgan fingerprint density at radius 2 is 1.94 bits per heavy atom. The minimum atomic E-state index is -0.299. The molecule has 0 aliphatic carbocycles. The number of nitrogens with one attached hydrogen (secondary N) is 1. The van der Waals surface area contributed by atoms with Gasteiger partial charge in [0.2, 0.25) is 5.82 Å². The Morgan fingerprint density at radius 3 is 2.74 bits per heavy atom. The zero-order chi connectivity index (χ0) is 21.4. The van der Waals surface area contributed by atoms with Crippen molar-refractivity contribution in [1.29, 1.82) is 0 Å². The lowest BCUT2D eigenvalue weighted by molar-refractivity contribution is 0.313. The number of ether oxygens (including phenoxy) is 1. The zero-order valence-electron chi connectivity index (χ0n) is 17.3. The minimum Gasteiger partial charge on any atom is -0.497 e. The Bertz CT molecular complexity index is 1290. The van der Waals surface area contributed by atoms with Crippen molar-refractivity contribution in [3.8, 4) is 28.7 Å². The first-order valence-electron chi connectivity index (χ1n) is 10.1. The second-order valence-corrected chi connectivity index (χ2v) is 7.58. The van der Waals surface area contributed by atoms with Crippen LogP contribution in [0, 0.1) is 0 Å². The third-order valence-electron chi connectivity index (χ3n) is 5.55. The van der Waals surface area contributed by atoms with Gasteiger partial charge < -0.3 is 24.0 Å². The molecule has 0 amide bonds. The number of hydrogen-bond acceptors (Lipinski definition) is 8. The van der Waals surface area contributed by atoms with E-state index in [4.69, 9.17) is 9.26 Å². The fraction of sp³-hybridized carbons (Fsp3) is 0.273. The zero-order valence-corrected chi connectivity index (χ0v) is 17.3. The van der Waals surface area contributed by atoms with Crippen molar-refractivity contribution in [1.82, 2.24) is 25.0 Å². The van der Waals surface area contributed by atoms with Gasteiger partial charge in [-0.2, -0.15) is 4.98 Å². The summed E-state index contributed by atoms with van der Waals surface area (Å²) in [7, 11) is 3.72. The van der Waals surface area contributed by atoms with E-state index in [2.05, 4.69) is 37.0 Å². The lowest BCUT2D eigenvalue weighted by Gasteiger charge is -2.34. The Labute approximate surface area is 178 Å². The Kier molecular flexibility index (Phi) is 4.87. The summed E-state index contributed by atoms with van der Waals surface area (Å²) in [6.07, 6.45) is 1.74. The topological polar surface area (TPSA) is 100 Å². The van der Waals surface area contributed by atoms with Crippen LogP contribution in [0.15, 0.2) is 51.9 Å². The molecule has 1 aromatic carbocycles. The highest BCUT2D eigenvalue weighted by Crippen LogP contribution is 2.25. The van der Waals surface area contributed by atoms with Crippen LogP contribution in [0.25, 0.3) is 33.9 Å². The number of fused-ring (bicyclic) bond motifs is 1. The van der Waals surface area contributed by atoms with Gasteiger partial charge >= 0.3 is 0 Å². The molecule has 31 heavy (non-hydrogen) atoms. The van der Waals surface area contributed by atoms with E-state index in [1.54, 1.807) is 31.5 Å². The van der Waals surface area contributed by atoms with Gasteiger partial charge in [-0.3, -0.25) is 9.78 Å². The summed E-state index contributed by atoms with van der Waals surface area (Å²) in [6.45, 7) is 3.93. The number of benzene rings is 1. The molecule has 0 unspecified atom stereocenters. The molecule has 0 radical (unpaired) electrons. The number of piperazine rings is 1. The van der Waals surface area contributed by atoms with E-state index in [0.717, 1.165) is 37.3 Å². The Balaban J connectivity index is 1.47. The number of methoxy groups -OCH3 is 1. The van der Waals surface area contributed by atoms with Crippen LogP contribution in [-0.4, -0.2) is 65.3 Å². The minimum absolute atomic E-state index is 0.146. The molecule has 158 valence electrons. The van der Waals surface area contributed by atoms with Crippen LogP contribution in [-0.2, 0) is 0 Å². The summed E-state index contributed by atoms with van der Waals surface area (Å²) in [5.74, 6) is 1.19. The molecule has 1 fully saturated rings. The summed E-state index contributed by atoms with van der Waals surface area (Å²) in [5, 5.41) is 4.87. The molecule has 0 atom stereocenters. The molecule has 4 heterocycles. The van der Waals surface area contributed by atoms with Gasteiger partial charge in [0.15, 0.2) is 0 Å². The molecule has 9 nitrogen and oxygen atoms in total. The normalized spacial score (nSPS) is 14.8. The number of hydrogen-bond donors (Lipinski definition) is 1. The second kappa shape index (κ2) is 7.84. The van der Waals surface area contributed by atoms with E-state index in [9.17, 15) is 4.79 Å². The highest BCUT2D eigenvalue weighted by atomic mass is 16.5. The monoisotopic (exact) mass is 418 g/mol. The molecule has 1 aliphatic heterocycles. The third kappa shape index (κ3) is 3.75. The lowest BCUT2D eigenvalue weighted by Crippen LogP contribution is -2.44. The number of aromatic nitrogens is 4. The van der Waals surface area contributed by atoms with Crippen molar-refractivity contribution in [2.45, 2.75) is 0 Å². The predicted octanol–water partition coefficient (Wildman–Crippen LogP) is 2.40. The number of likely N-dealkylation sites (N-methyl/N-ethyl adjacent to an activating group) is 1. The SMILES string of the molecule is COc1ccc2[nH]c(=O)c(-c3nc(-c4cc(N5CCN(C)CC5)ccn4)no3)cc2c1. The van der Waals surface area contributed by atoms with Gasteiger partial charge in [0, 0.05) is 49.0 Å². The molecule has 1 N–H and O–H groups in total. The number of H-pyrrole nitrogens is 1. The molecular formula is C22H22N6O3. The Morgan fingerprint density at radius 1 is 1.10 bits per heavy atom. The van der Waals surface area contributed by atoms with Crippen LogP contribution < -0.4 is 15.2 Å². The molecular weight excluding hydrogens is 396 g/mol. The van der Waals surface area contributed by atoms with Crippen molar-refractivity contribution in [2.75, 3.05) is 45.2 Å². The molecule has 4 aromatic rings. The van der Waals surface area contributed by atoms with Crippen molar-refractivity contribution < 1.29 is 9.26 Å². The molecule has 1 aliphatic rings. The van der Waals surface area contributed by atoms with E-state index >= 15 is 0 Å². The van der Waals surface area contributed by atoms with Gasteiger partial charge in [0.25, 0.3) is 11.4 Å². The number of rotatable bonds is 4. The van der Waals surface area contributed by atoms with Crippen LogP contribution in [0.4, 0.5) is 5.69 Å². The van der Waals surface area contributed by atoms with E-state index in [1.165, 1.54) is 0 Å². The number of nitrogens with zero attached hydrogens (tertiary/aromatic N) is 5. The second-order valence-electron chi connectivity index (χ2n) is 7.58. The van der Waals surface area contributed by atoms with Crippen LogP contribution in [0.3, 0.4) is 0 Å². The number of aromatic amines is 1. The van der Waals surface area contributed by atoms with Crippen LogP contribution in [0.2, 0.25) is 0 Å². The predicted molar refractivity (Wildman–Crippen MR) is 117 cm³/mol. The highest BCUT2D eigenvalue weighted by molar-refractivity contribution is 5.83. The molecule has 0 bridgehead atoms. The largest absolute Gasteiger partial charge is 0.497 e. The first-order valence-corrected chi connectivity index (χ1v) is 10.1. The number of anilines is 1. The van der Waals surface area contributed by atoms with Gasteiger partial charge in [-0.25, -0.2) is 0 Å². The fourth-order valence-electron chi connectivity index (χ4n) is 3.71. The van der Waals surface area contributed by atoms with Crippen molar-refractivity contribution in [3.05, 3.63) is 52.9 Å². The molecule has 0 saturated carbocycles. The first-order chi connectivity index (χ1) is 15.1. The average Bonchev–Trinajstić information content (AvgIpc) is 3.29. The summed E-state index contributed by atoms with van der Waals surface area (Å²) >= 11 is 0. The van der Waals surface area contributed by atoms with Gasteiger partial charge in [-0.15, -0.1) is 0 Å². The van der Waals surface area contributed by atoms with Gasteiger partial charge in [0.05, 0.1) is 7.11 Å². The lowest BCUT2D eigenvalue weighted by atomic mass is 10.1. The molecule has 1 saturated heterocycles. The third-order valence-corrected chi connectivity index (χ3v) is 5.55. The quantitative estimate of drug-likeness (QED) is 0.539. The molecule has 5 rings (SSSR count). The maximum atomic E-state index is 12.6. The number of pyridine rings is 2. The summed E-state index contributed by atoms with van der Waals surface area (Å²) < 4.78 is 10.7. The van der Waals surface area contributed by atoms with E-state index in [1.807, 2.05) is 18.2 Å². The fourth-order valence-corrected chi connectivity index (χ4v) is 3.71. The smallest absolute Gasteiger partial charge is 0.263 e. The van der Waals surface area contributed by atoms with Crippen LogP contribution in [0.1, 0.15) is 0 Å². The standard InChI is InChI=1S/C22H22N6O3/c1-27-7-9-28(10-8-27)15-5-6-23-19(13-15)20-25-22(31-26-20)17-12-14-11-16(30-2)3-4-18(14)24-21(17)29/h3-6,11-13H,7-10H2,1-2H3,(H,24,29). The van der Waals surface area contributed by atoms with Crippen LogP contribution in [0.5, 0.6) is 5.75 Å². The van der Waals surface area contributed by atoms with Gasteiger partial charge in [0.1, 0.15) is 17.0 Å². The van der Waals surface area contributed by atoms with Crippen molar-refractivity contribution in [2.24, 2.45) is 0 Å². The molecule has 3 aromatic heterocycles. The van der Waals surface area contributed by atoms with Crippen molar-refractivity contribution >= 4 is 16.6 Å². The van der Waals surface area contributed by atoms with Gasteiger partial charge in [-0.05, 0) is 43.4 Å². The van der Waals surface area contributed by atoms with Crippen molar-refractivity contribution in [3.63, 3.8) is 0 Å². The maximum absolute atomic E-state index is 12.6. The average molecular weight is 418 g/mol. The summed E-state index contributed by atoms with van der Waals surface area (Å²) in [4.78, 5) is 28.9. The first kappa shape index (κ1) is 19.3. The summed E-state index contributed by atoms with van der Waals surface area (Å²) in [6, 6.07) is 11.1. The molecule has 0 spiro atoms. The van der Waals surface area contributed by atoms with E-state index < -0.39 is 0 Å². The Hall–Kier alpha value is -3.72.